The normalized spacial score (nSPS) is 11.3. The van der Waals surface area contributed by atoms with Crippen LogP contribution in [0.3, 0.4) is 0 Å². The summed E-state index contributed by atoms with van der Waals surface area (Å²) in [5, 5.41) is 12.1. The Labute approximate surface area is 191 Å². The molecule has 2 aromatic heterocycles. The minimum Gasteiger partial charge on any atom is -0.443 e. The molecule has 3 rings (SSSR count). The first-order valence-electron chi connectivity index (χ1n) is 10.6. The number of carbonyl (C=O) groups excluding carboxylic acids is 2. The van der Waals surface area contributed by atoms with Gasteiger partial charge in [0.2, 0.25) is 0 Å². The number of nitrogens with one attached hydrogen (secondary N) is 1. The molecule has 0 atom stereocenters. The molecule has 0 fully saturated rings. The number of hydrogen-bond donors (Lipinski definition) is 2. The molecule has 0 unspecified atom stereocenters. The second-order valence-electron chi connectivity index (χ2n) is 8.27. The molecule has 2 heterocycles. The van der Waals surface area contributed by atoms with Gasteiger partial charge in [-0.15, -0.1) is 0 Å². The summed E-state index contributed by atoms with van der Waals surface area (Å²) in [6.45, 7) is 6.95. The third-order valence-corrected chi connectivity index (χ3v) is 4.66. The van der Waals surface area contributed by atoms with Gasteiger partial charge in [-0.25, -0.2) is 14.2 Å². The van der Waals surface area contributed by atoms with Crippen molar-refractivity contribution in [1.29, 1.82) is 0 Å². The van der Waals surface area contributed by atoms with E-state index in [1.807, 2.05) is 0 Å². The van der Waals surface area contributed by atoms with Crippen LogP contribution in [0, 0.1) is 5.82 Å². The molecule has 8 nitrogen and oxygen atoms in total. The molecular formula is C24H27FN4O4. The Kier molecular flexibility index (Phi) is 7.23. The minimum atomic E-state index is -0.753. The lowest BCUT2D eigenvalue weighted by atomic mass is 9.98. The molecular weight excluding hydrogens is 427 g/mol. The molecule has 0 radical (unpaired) electrons. The largest absolute Gasteiger partial charge is 0.443 e. The molecule has 0 bridgehead atoms. The molecule has 0 saturated heterocycles. The summed E-state index contributed by atoms with van der Waals surface area (Å²) in [7, 11) is 0. The molecule has 0 aliphatic heterocycles. The predicted octanol–water partition coefficient (Wildman–Crippen LogP) is 3.92. The third-order valence-electron chi connectivity index (χ3n) is 4.66. The number of nitrogens with zero attached hydrogens (tertiary/aromatic N) is 3. The molecule has 9 heteroatoms. The van der Waals surface area contributed by atoms with Crippen molar-refractivity contribution < 1.29 is 23.8 Å². The summed E-state index contributed by atoms with van der Waals surface area (Å²) in [4.78, 5) is 36.6. The van der Waals surface area contributed by atoms with Crippen LogP contribution in [0.4, 0.5) is 15.0 Å². The van der Waals surface area contributed by atoms with Crippen molar-refractivity contribution in [3.8, 4) is 11.3 Å². The molecule has 0 spiro atoms. The van der Waals surface area contributed by atoms with E-state index >= 15 is 0 Å². The Morgan fingerprint density at radius 3 is 2.58 bits per heavy atom. The summed E-state index contributed by atoms with van der Waals surface area (Å²) >= 11 is 0. The monoisotopic (exact) mass is 454 g/mol. The molecule has 33 heavy (non-hydrogen) atoms. The van der Waals surface area contributed by atoms with Gasteiger partial charge in [-0.3, -0.25) is 14.7 Å². The number of halogens is 1. The second-order valence-corrected chi connectivity index (χ2v) is 8.27. The number of amides is 2. The van der Waals surface area contributed by atoms with E-state index in [0.29, 0.717) is 11.2 Å². The maximum atomic E-state index is 14.2. The number of benzene rings is 1. The van der Waals surface area contributed by atoms with E-state index in [1.165, 1.54) is 23.1 Å². The van der Waals surface area contributed by atoms with Gasteiger partial charge in [-0.05, 0) is 58.0 Å². The molecule has 0 saturated carbocycles. The Bertz CT molecular complexity index is 1160. The predicted molar refractivity (Wildman–Crippen MR) is 124 cm³/mol. The highest BCUT2D eigenvalue weighted by Crippen LogP contribution is 2.37. The Hall–Kier alpha value is -3.59. The number of hydrogen-bond acceptors (Lipinski definition) is 6. The fraction of sp³-hybridized carbons (Fsp3) is 0.333. The van der Waals surface area contributed by atoms with Crippen molar-refractivity contribution in [3.05, 3.63) is 54.0 Å². The van der Waals surface area contributed by atoms with Crippen molar-refractivity contribution in [3.63, 3.8) is 0 Å². The molecule has 3 aromatic rings. The van der Waals surface area contributed by atoms with Crippen LogP contribution in [-0.2, 0) is 4.74 Å². The van der Waals surface area contributed by atoms with Crippen LogP contribution in [0.5, 0.6) is 0 Å². The van der Waals surface area contributed by atoms with Gasteiger partial charge < -0.3 is 15.2 Å². The van der Waals surface area contributed by atoms with Gasteiger partial charge in [0.1, 0.15) is 17.2 Å². The van der Waals surface area contributed by atoms with Crippen molar-refractivity contribution in [2.75, 3.05) is 24.6 Å². The number of fused-ring (bicyclic) bond motifs is 1. The quantitative estimate of drug-likeness (QED) is 0.585. The van der Waals surface area contributed by atoms with Gasteiger partial charge in [0, 0.05) is 24.7 Å². The van der Waals surface area contributed by atoms with Crippen LogP contribution in [0.1, 0.15) is 38.1 Å². The fourth-order valence-corrected chi connectivity index (χ4v) is 3.35. The van der Waals surface area contributed by atoms with Crippen LogP contribution < -0.4 is 10.2 Å². The summed E-state index contributed by atoms with van der Waals surface area (Å²) in [5.74, 6) is -0.928. The number of aromatic nitrogens is 2. The number of ether oxygens (including phenoxy) is 1. The van der Waals surface area contributed by atoms with Gasteiger partial charge in [0.15, 0.2) is 0 Å². The van der Waals surface area contributed by atoms with Crippen molar-refractivity contribution in [2.24, 2.45) is 0 Å². The Morgan fingerprint density at radius 2 is 1.97 bits per heavy atom. The molecule has 0 aliphatic carbocycles. The van der Waals surface area contributed by atoms with E-state index in [9.17, 15) is 19.1 Å². The van der Waals surface area contributed by atoms with Crippen LogP contribution >= 0.6 is 0 Å². The highest BCUT2D eigenvalue weighted by atomic mass is 19.1. The van der Waals surface area contributed by atoms with Crippen molar-refractivity contribution >= 4 is 28.7 Å². The van der Waals surface area contributed by atoms with E-state index in [0.717, 1.165) is 0 Å². The lowest BCUT2D eigenvalue weighted by Crippen LogP contribution is -2.38. The van der Waals surface area contributed by atoms with Gasteiger partial charge in [-0.2, -0.15) is 0 Å². The van der Waals surface area contributed by atoms with Crippen LogP contribution in [-0.4, -0.2) is 52.4 Å². The average Bonchev–Trinajstić information content (AvgIpc) is 2.76. The van der Waals surface area contributed by atoms with E-state index in [1.54, 1.807) is 52.1 Å². The lowest BCUT2D eigenvalue weighted by molar-refractivity contribution is 0.0581. The van der Waals surface area contributed by atoms with E-state index in [-0.39, 0.29) is 42.0 Å². The smallest absolute Gasteiger partial charge is 0.416 e. The first kappa shape index (κ1) is 24.1. The minimum absolute atomic E-state index is 0.00147. The summed E-state index contributed by atoms with van der Waals surface area (Å²) < 4.78 is 19.8. The SMILES string of the molecule is CCN(C(=O)OC(C)(C)C)c1nc2ccc(F)cc2c(C(=O)NCCO)c1-c1ccccn1. The molecule has 2 N–H and O–H groups in total. The zero-order chi connectivity index (χ0) is 24.2. The zero-order valence-corrected chi connectivity index (χ0v) is 19.1. The van der Waals surface area contributed by atoms with Crippen LogP contribution in [0.25, 0.3) is 22.2 Å². The first-order chi connectivity index (χ1) is 15.7. The molecule has 0 aliphatic rings. The summed E-state index contributed by atoms with van der Waals surface area (Å²) in [6.07, 6.45) is 0.909. The van der Waals surface area contributed by atoms with Gasteiger partial charge in [0.05, 0.1) is 28.9 Å². The third kappa shape index (κ3) is 5.43. The summed E-state index contributed by atoms with van der Waals surface area (Å²) in [5.41, 5.74) is 0.307. The van der Waals surface area contributed by atoms with Crippen molar-refractivity contribution in [1.82, 2.24) is 15.3 Å². The molecule has 174 valence electrons. The number of aliphatic hydroxyl groups is 1. The number of rotatable bonds is 6. The molecule has 2 amide bonds. The zero-order valence-electron chi connectivity index (χ0n) is 19.1. The van der Waals surface area contributed by atoms with Crippen LogP contribution in [0.15, 0.2) is 42.6 Å². The maximum absolute atomic E-state index is 14.2. The number of pyridine rings is 2. The first-order valence-corrected chi connectivity index (χ1v) is 10.6. The summed E-state index contributed by atoms with van der Waals surface area (Å²) in [6, 6.07) is 9.03. The topological polar surface area (TPSA) is 105 Å². The van der Waals surface area contributed by atoms with Gasteiger partial charge in [0.25, 0.3) is 5.91 Å². The van der Waals surface area contributed by atoms with E-state index in [4.69, 9.17) is 4.74 Å². The van der Waals surface area contributed by atoms with Crippen molar-refractivity contribution in [2.45, 2.75) is 33.3 Å². The average molecular weight is 455 g/mol. The number of aliphatic hydroxyl groups excluding tert-OH is 1. The molecule has 1 aromatic carbocycles. The van der Waals surface area contributed by atoms with Crippen LogP contribution in [0.2, 0.25) is 0 Å². The highest BCUT2D eigenvalue weighted by Gasteiger charge is 2.30. The lowest BCUT2D eigenvalue weighted by Gasteiger charge is -2.28. The van der Waals surface area contributed by atoms with Gasteiger partial charge >= 0.3 is 6.09 Å². The number of anilines is 1. The second kappa shape index (κ2) is 9.91. The Balaban J connectivity index is 2.38. The Morgan fingerprint density at radius 1 is 1.21 bits per heavy atom. The fourth-order valence-electron chi connectivity index (χ4n) is 3.35. The maximum Gasteiger partial charge on any atom is 0.416 e. The highest BCUT2D eigenvalue weighted by molar-refractivity contribution is 6.14. The van der Waals surface area contributed by atoms with Gasteiger partial charge in [-0.1, -0.05) is 6.07 Å². The standard InChI is InChI=1S/C24H27FN4O4/c1-5-29(23(32)33-24(2,3)4)21-20(18-8-6-7-11-26-18)19(22(31)27-12-13-30)16-14-15(25)9-10-17(16)28-21/h6-11,14,30H,5,12-13H2,1-4H3,(H,27,31). The van der Waals surface area contributed by atoms with E-state index < -0.39 is 23.4 Å². The van der Waals surface area contributed by atoms with E-state index in [2.05, 4.69) is 15.3 Å². The number of carbonyl (C=O) groups is 2.